The van der Waals surface area contributed by atoms with Crippen LogP contribution < -0.4 is 0 Å². The van der Waals surface area contributed by atoms with Crippen molar-refractivity contribution in [2.75, 3.05) is 0 Å². The summed E-state index contributed by atoms with van der Waals surface area (Å²) >= 11 is 4.21. The summed E-state index contributed by atoms with van der Waals surface area (Å²) in [5, 5.41) is 0. The van der Waals surface area contributed by atoms with Gasteiger partial charge in [0.1, 0.15) is 10.5 Å². The van der Waals surface area contributed by atoms with Crippen LogP contribution in [0.5, 0.6) is 0 Å². The molecule has 0 aromatic heterocycles. The van der Waals surface area contributed by atoms with Crippen LogP contribution >= 0.6 is 12.6 Å². The van der Waals surface area contributed by atoms with E-state index in [2.05, 4.69) is 12.6 Å². The molecule has 0 unspecified atom stereocenters. The molecule has 0 saturated carbocycles. The molecule has 0 aromatic carbocycles. The third-order valence-electron chi connectivity index (χ3n) is 2.12. The molecule has 74 valence electrons. The fraction of sp³-hybridized carbons (Fsp3) is 0.364. The number of Topliss-reactive ketones (excluding diaryl/α,β-unsaturated/α-hetero) is 2. The normalized spacial score (nSPS) is 16.5. The highest BCUT2D eigenvalue weighted by atomic mass is 32.1. The van der Waals surface area contributed by atoms with Crippen LogP contribution in [0.1, 0.15) is 26.7 Å². The Hall–Kier alpha value is -0.960. The van der Waals surface area contributed by atoms with Crippen LogP contribution in [-0.2, 0) is 9.59 Å². The van der Waals surface area contributed by atoms with Crippen molar-refractivity contribution >= 4 is 24.2 Å². The maximum Gasteiger partial charge on any atom is 0.300 e. The molecule has 0 fully saturated rings. The van der Waals surface area contributed by atoms with Crippen LogP contribution in [0.3, 0.4) is 0 Å². The monoisotopic (exact) mass is 209 g/mol. The zero-order valence-corrected chi connectivity index (χ0v) is 9.23. The number of hydrogen-bond donors (Lipinski definition) is 1. The average Bonchev–Trinajstić information content (AvgIpc) is 2.11. The fourth-order valence-corrected chi connectivity index (χ4v) is 1.67. The number of carbonyl (C=O) groups is 2. The SMILES string of the molecule is CCCC1=C(S)[CH+]C=C(C(C)=O)C1=O. The molecule has 0 saturated heterocycles. The molecule has 3 heteroatoms. The van der Waals surface area contributed by atoms with E-state index in [1.54, 1.807) is 12.5 Å². The number of carbonyl (C=O) groups excluding carboxylic acids is 2. The topological polar surface area (TPSA) is 34.1 Å². The Labute approximate surface area is 89.5 Å². The van der Waals surface area contributed by atoms with Gasteiger partial charge in [0.15, 0.2) is 5.57 Å². The predicted molar refractivity (Wildman–Crippen MR) is 59.0 cm³/mol. The number of hydrogen-bond acceptors (Lipinski definition) is 3. The third-order valence-corrected chi connectivity index (χ3v) is 2.53. The Morgan fingerprint density at radius 3 is 2.71 bits per heavy atom. The molecular formula is C11H13O2S+. The third kappa shape index (κ3) is 2.10. The van der Waals surface area contributed by atoms with E-state index in [0.717, 1.165) is 6.42 Å². The van der Waals surface area contributed by atoms with Gasteiger partial charge >= 0.3 is 0 Å². The first-order valence-electron chi connectivity index (χ1n) is 4.60. The molecule has 0 radical (unpaired) electrons. The van der Waals surface area contributed by atoms with Crippen LogP contribution in [0.2, 0.25) is 0 Å². The lowest BCUT2D eigenvalue weighted by Crippen LogP contribution is -2.17. The Morgan fingerprint density at radius 2 is 2.21 bits per heavy atom. The predicted octanol–water partition coefficient (Wildman–Crippen LogP) is 2.27. The summed E-state index contributed by atoms with van der Waals surface area (Å²) in [6, 6.07) is 0. The highest BCUT2D eigenvalue weighted by Gasteiger charge is 2.32. The van der Waals surface area contributed by atoms with Gasteiger partial charge in [0.05, 0.1) is 12.5 Å². The van der Waals surface area contributed by atoms with E-state index < -0.39 is 0 Å². The molecule has 0 heterocycles. The zero-order valence-electron chi connectivity index (χ0n) is 8.33. The summed E-state index contributed by atoms with van der Waals surface area (Å²) < 4.78 is 0. The van der Waals surface area contributed by atoms with E-state index in [-0.39, 0.29) is 17.1 Å². The first-order chi connectivity index (χ1) is 6.57. The second-order valence-electron chi connectivity index (χ2n) is 3.25. The van der Waals surface area contributed by atoms with Crippen molar-refractivity contribution in [3.05, 3.63) is 28.5 Å². The van der Waals surface area contributed by atoms with E-state index >= 15 is 0 Å². The van der Waals surface area contributed by atoms with Crippen molar-refractivity contribution in [1.29, 1.82) is 0 Å². The van der Waals surface area contributed by atoms with E-state index in [0.29, 0.717) is 16.9 Å². The van der Waals surface area contributed by atoms with Gasteiger partial charge in [-0.1, -0.05) is 6.92 Å². The summed E-state index contributed by atoms with van der Waals surface area (Å²) in [5.74, 6) is -0.340. The quantitative estimate of drug-likeness (QED) is 0.439. The standard InChI is InChI=1S/C11H12O2S/c1-3-4-9-10(14)6-5-8(7(2)12)11(9)13/h5-6H,3-4H2,1-2H3/p+1. The summed E-state index contributed by atoms with van der Waals surface area (Å²) in [6.45, 7) is 3.40. The number of allylic oxidation sites excluding steroid dienone is 4. The van der Waals surface area contributed by atoms with Crippen LogP contribution in [0.15, 0.2) is 22.1 Å². The summed E-state index contributed by atoms with van der Waals surface area (Å²) in [4.78, 5) is 23.5. The van der Waals surface area contributed by atoms with Gasteiger partial charge in [-0.25, -0.2) is 0 Å². The van der Waals surface area contributed by atoms with Crippen molar-refractivity contribution in [3.8, 4) is 0 Å². The Bertz CT molecular complexity index is 337. The Kier molecular flexibility index (Phi) is 3.58. The van der Waals surface area contributed by atoms with Crippen LogP contribution in [0.4, 0.5) is 0 Å². The zero-order chi connectivity index (χ0) is 10.7. The maximum absolute atomic E-state index is 11.8. The van der Waals surface area contributed by atoms with Crippen molar-refractivity contribution in [2.24, 2.45) is 0 Å². The van der Waals surface area contributed by atoms with Crippen LogP contribution in [0, 0.1) is 6.42 Å². The fourth-order valence-electron chi connectivity index (χ4n) is 1.39. The molecular weight excluding hydrogens is 196 g/mol. The van der Waals surface area contributed by atoms with Gasteiger partial charge in [-0.3, -0.25) is 9.59 Å². The van der Waals surface area contributed by atoms with Gasteiger partial charge in [0.2, 0.25) is 5.78 Å². The first kappa shape index (κ1) is 11.1. The number of thiol groups is 1. The van der Waals surface area contributed by atoms with Gasteiger partial charge in [-0.05, 0) is 6.42 Å². The van der Waals surface area contributed by atoms with Crippen molar-refractivity contribution in [2.45, 2.75) is 26.7 Å². The number of ketones is 2. The van der Waals surface area contributed by atoms with Crippen molar-refractivity contribution in [3.63, 3.8) is 0 Å². The lowest BCUT2D eigenvalue weighted by atomic mass is 9.91. The van der Waals surface area contributed by atoms with E-state index in [1.165, 1.54) is 6.92 Å². The maximum atomic E-state index is 11.8. The molecule has 1 rings (SSSR count). The Balaban J connectivity index is 2.96. The minimum atomic E-state index is -0.180. The molecule has 0 amide bonds. The highest BCUT2D eigenvalue weighted by Crippen LogP contribution is 2.26. The smallest absolute Gasteiger partial charge is 0.278 e. The second kappa shape index (κ2) is 4.51. The summed E-state index contributed by atoms with van der Waals surface area (Å²) in [6.07, 6.45) is 4.82. The number of rotatable bonds is 3. The molecule has 1 aliphatic carbocycles. The molecule has 0 N–H and O–H groups in total. The highest BCUT2D eigenvalue weighted by molar-refractivity contribution is 7.84. The molecule has 0 aromatic rings. The van der Waals surface area contributed by atoms with E-state index in [1.807, 2.05) is 6.92 Å². The van der Waals surface area contributed by atoms with Crippen LogP contribution in [0.25, 0.3) is 0 Å². The molecule has 0 aliphatic heterocycles. The minimum Gasteiger partial charge on any atom is -0.278 e. The molecule has 14 heavy (non-hydrogen) atoms. The van der Waals surface area contributed by atoms with Gasteiger partial charge < -0.3 is 0 Å². The minimum absolute atomic E-state index is 0.160. The molecule has 0 bridgehead atoms. The molecule has 0 atom stereocenters. The van der Waals surface area contributed by atoms with Crippen molar-refractivity contribution < 1.29 is 9.59 Å². The van der Waals surface area contributed by atoms with Crippen LogP contribution in [-0.4, -0.2) is 11.6 Å². The second-order valence-corrected chi connectivity index (χ2v) is 3.73. The lowest BCUT2D eigenvalue weighted by molar-refractivity contribution is -0.118. The summed E-state index contributed by atoms with van der Waals surface area (Å²) in [7, 11) is 0. The lowest BCUT2D eigenvalue weighted by Gasteiger charge is -2.06. The average molecular weight is 209 g/mol. The van der Waals surface area contributed by atoms with E-state index in [4.69, 9.17) is 0 Å². The largest absolute Gasteiger partial charge is 0.300 e. The van der Waals surface area contributed by atoms with Crippen molar-refractivity contribution in [1.82, 2.24) is 0 Å². The molecule has 2 nitrogen and oxygen atoms in total. The molecule has 1 aliphatic rings. The van der Waals surface area contributed by atoms with E-state index in [9.17, 15) is 9.59 Å². The Morgan fingerprint density at radius 1 is 1.57 bits per heavy atom. The summed E-state index contributed by atoms with van der Waals surface area (Å²) in [5.41, 5.74) is 0.926. The molecule has 0 spiro atoms. The van der Waals surface area contributed by atoms with Gasteiger partial charge in [0, 0.05) is 13.3 Å². The first-order valence-corrected chi connectivity index (χ1v) is 5.05. The van der Waals surface area contributed by atoms with Gasteiger partial charge in [-0.2, -0.15) is 0 Å². The van der Waals surface area contributed by atoms with Gasteiger partial charge in [-0.15, -0.1) is 12.6 Å². The van der Waals surface area contributed by atoms with Gasteiger partial charge in [0.25, 0.3) is 5.78 Å².